The number of pyridine rings is 1. The van der Waals surface area contributed by atoms with Crippen molar-refractivity contribution in [3.8, 4) is 0 Å². The highest BCUT2D eigenvalue weighted by atomic mass is 19.1. The van der Waals surface area contributed by atoms with Gasteiger partial charge in [-0.3, -0.25) is 9.59 Å². The monoisotopic (exact) mass is 298 g/mol. The molecule has 0 unspecified atom stereocenters. The molecule has 0 aliphatic rings. The molecule has 1 heterocycles. The zero-order valence-electron chi connectivity index (χ0n) is 11.3. The van der Waals surface area contributed by atoms with Crippen molar-refractivity contribution in [2.75, 3.05) is 5.32 Å². The summed E-state index contributed by atoms with van der Waals surface area (Å²) in [6.45, 7) is 0. The second kappa shape index (κ2) is 5.33. The number of benzene rings is 2. The Labute approximate surface area is 124 Å². The summed E-state index contributed by atoms with van der Waals surface area (Å²) in [7, 11) is 0. The summed E-state index contributed by atoms with van der Waals surface area (Å²) in [4.78, 5) is 24.1. The van der Waals surface area contributed by atoms with Crippen molar-refractivity contribution in [3.05, 3.63) is 76.3 Å². The Morgan fingerprint density at radius 3 is 2.64 bits per heavy atom. The first kappa shape index (κ1) is 13.8. The number of hydrogen-bond acceptors (Lipinski definition) is 3. The van der Waals surface area contributed by atoms with Gasteiger partial charge in [-0.25, -0.2) is 4.39 Å². The highest BCUT2D eigenvalue weighted by Gasteiger charge is 2.14. The number of nitrogens with one attached hydrogen (secondary N) is 1. The quantitative estimate of drug-likeness (QED) is 0.714. The van der Waals surface area contributed by atoms with Crippen LogP contribution in [0, 0.1) is 5.82 Å². The first-order valence-electron chi connectivity index (χ1n) is 6.47. The molecule has 0 aliphatic heterocycles. The van der Waals surface area contributed by atoms with E-state index in [0.29, 0.717) is 10.1 Å². The molecule has 1 aromatic heterocycles. The fourth-order valence-electron chi connectivity index (χ4n) is 2.22. The number of para-hydroxylation sites is 1. The van der Waals surface area contributed by atoms with Gasteiger partial charge in [0.25, 0.3) is 11.5 Å². The van der Waals surface area contributed by atoms with Crippen LogP contribution >= 0.6 is 0 Å². The van der Waals surface area contributed by atoms with E-state index in [0.717, 1.165) is 6.07 Å². The van der Waals surface area contributed by atoms with Crippen LogP contribution in [0.5, 0.6) is 0 Å². The molecule has 3 rings (SSSR count). The summed E-state index contributed by atoms with van der Waals surface area (Å²) < 4.78 is 13.6. The van der Waals surface area contributed by atoms with Crippen LogP contribution in [-0.4, -0.2) is 15.8 Å². The molecule has 0 fully saturated rings. The number of halogens is 1. The lowest BCUT2D eigenvalue weighted by atomic mass is 10.1. The van der Waals surface area contributed by atoms with Crippen LogP contribution in [0.2, 0.25) is 0 Å². The number of fused-ring (bicyclic) bond motifs is 1. The molecule has 0 bridgehead atoms. The molecule has 0 spiro atoms. The highest BCUT2D eigenvalue weighted by molar-refractivity contribution is 6.12. The largest absolute Gasteiger partial charge is 0.425 e. The van der Waals surface area contributed by atoms with E-state index in [1.54, 1.807) is 18.2 Å². The Morgan fingerprint density at radius 2 is 1.86 bits per heavy atom. The summed E-state index contributed by atoms with van der Waals surface area (Å²) in [6.07, 6.45) is 0. The van der Waals surface area contributed by atoms with Gasteiger partial charge in [-0.2, -0.15) is 0 Å². The van der Waals surface area contributed by atoms with Gasteiger partial charge in [-0.15, -0.1) is 4.73 Å². The Balaban J connectivity index is 2.08. The molecule has 110 valence electrons. The zero-order valence-corrected chi connectivity index (χ0v) is 11.3. The van der Waals surface area contributed by atoms with Gasteiger partial charge in [0.05, 0.1) is 11.1 Å². The molecule has 0 saturated carbocycles. The minimum absolute atomic E-state index is 0.107. The van der Waals surface area contributed by atoms with Crippen molar-refractivity contribution >= 4 is 22.5 Å². The molecule has 2 N–H and O–H groups in total. The van der Waals surface area contributed by atoms with E-state index < -0.39 is 17.3 Å². The van der Waals surface area contributed by atoms with Crippen molar-refractivity contribution in [3.63, 3.8) is 0 Å². The van der Waals surface area contributed by atoms with Crippen LogP contribution in [0.25, 0.3) is 10.9 Å². The Hall–Kier alpha value is -3.15. The van der Waals surface area contributed by atoms with E-state index in [1.165, 1.54) is 30.3 Å². The van der Waals surface area contributed by atoms with Crippen LogP contribution in [0.1, 0.15) is 10.4 Å². The van der Waals surface area contributed by atoms with Gasteiger partial charge < -0.3 is 10.5 Å². The van der Waals surface area contributed by atoms with Crippen molar-refractivity contribution in [1.82, 2.24) is 4.73 Å². The van der Waals surface area contributed by atoms with Crippen molar-refractivity contribution < 1.29 is 14.4 Å². The second-order valence-corrected chi connectivity index (χ2v) is 4.69. The van der Waals surface area contributed by atoms with Gasteiger partial charge in [0, 0.05) is 17.1 Å². The summed E-state index contributed by atoms with van der Waals surface area (Å²) in [5.41, 5.74) is -0.111. The number of carbonyl (C=O) groups is 1. The minimum atomic E-state index is -0.719. The molecule has 1 amide bonds. The number of aromatic nitrogens is 1. The fraction of sp³-hybridized carbons (Fsp3) is 0. The topological polar surface area (TPSA) is 71.3 Å². The van der Waals surface area contributed by atoms with Gasteiger partial charge >= 0.3 is 0 Å². The molecule has 2 aromatic carbocycles. The third-order valence-electron chi connectivity index (χ3n) is 3.23. The lowest BCUT2D eigenvalue weighted by Gasteiger charge is -2.09. The Bertz CT molecular complexity index is 934. The maximum Gasteiger partial charge on any atom is 0.284 e. The van der Waals surface area contributed by atoms with E-state index in [2.05, 4.69) is 5.32 Å². The van der Waals surface area contributed by atoms with Crippen molar-refractivity contribution in [2.45, 2.75) is 0 Å². The van der Waals surface area contributed by atoms with E-state index in [4.69, 9.17) is 0 Å². The summed E-state index contributed by atoms with van der Waals surface area (Å²) in [5.74, 6) is -1.03. The van der Waals surface area contributed by atoms with Crippen molar-refractivity contribution in [2.24, 2.45) is 0 Å². The number of amides is 1. The predicted molar refractivity (Wildman–Crippen MR) is 79.7 cm³/mol. The van der Waals surface area contributed by atoms with Gasteiger partial charge in [0.1, 0.15) is 5.82 Å². The molecule has 3 aromatic rings. The molecular formula is C16H11FN2O3. The molecule has 0 saturated heterocycles. The molecule has 0 aliphatic carbocycles. The van der Waals surface area contributed by atoms with Gasteiger partial charge in [-0.05, 0) is 24.3 Å². The van der Waals surface area contributed by atoms with Gasteiger partial charge in [0.2, 0.25) is 0 Å². The lowest BCUT2D eigenvalue weighted by Crippen LogP contribution is -2.22. The number of rotatable bonds is 2. The summed E-state index contributed by atoms with van der Waals surface area (Å²) >= 11 is 0. The SMILES string of the molecule is O=C(Nc1cccc(F)c1)c1cc(=O)n(O)c2ccccc12. The van der Waals surface area contributed by atoms with Crippen LogP contribution in [0.3, 0.4) is 0 Å². The van der Waals surface area contributed by atoms with Crippen LogP contribution in [0.4, 0.5) is 10.1 Å². The first-order chi connectivity index (χ1) is 10.6. The summed E-state index contributed by atoms with van der Waals surface area (Å²) in [6, 6.07) is 12.9. The maximum atomic E-state index is 13.2. The number of hydrogen-bond donors (Lipinski definition) is 2. The van der Waals surface area contributed by atoms with E-state index in [9.17, 15) is 19.2 Å². The van der Waals surface area contributed by atoms with Crippen LogP contribution in [0.15, 0.2) is 59.4 Å². The summed E-state index contributed by atoms with van der Waals surface area (Å²) in [5, 5.41) is 12.7. The average Bonchev–Trinajstić information content (AvgIpc) is 2.51. The average molecular weight is 298 g/mol. The molecule has 5 nitrogen and oxygen atoms in total. The number of anilines is 1. The molecule has 0 radical (unpaired) electrons. The van der Waals surface area contributed by atoms with E-state index >= 15 is 0 Å². The normalized spacial score (nSPS) is 10.6. The first-order valence-corrected chi connectivity index (χ1v) is 6.47. The highest BCUT2D eigenvalue weighted by Crippen LogP contribution is 2.18. The second-order valence-electron chi connectivity index (χ2n) is 4.69. The number of nitrogens with zero attached hydrogens (tertiary/aromatic N) is 1. The third kappa shape index (κ3) is 2.42. The standard InChI is InChI=1S/C16H11FN2O3/c17-10-4-3-5-11(8-10)18-16(21)13-9-15(20)19(22)14-7-2-1-6-12(13)14/h1-9,22H,(H,18,21). The Kier molecular flexibility index (Phi) is 3.34. The van der Waals surface area contributed by atoms with E-state index in [1.807, 2.05) is 0 Å². The lowest BCUT2D eigenvalue weighted by molar-refractivity contribution is 0.102. The minimum Gasteiger partial charge on any atom is -0.425 e. The predicted octanol–water partition coefficient (Wildman–Crippen LogP) is 2.63. The third-order valence-corrected chi connectivity index (χ3v) is 3.23. The molecule has 0 atom stereocenters. The molecular weight excluding hydrogens is 287 g/mol. The Morgan fingerprint density at radius 1 is 1.09 bits per heavy atom. The van der Waals surface area contributed by atoms with Gasteiger partial charge in [0.15, 0.2) is 0 Å². The van der Waals surface area contributed by atoms with Crippen molar-refractivity contribution in [1.29, 1.82) is 0 Å². The van der Waals surface area contributed by atoms with Gasteiger partial charge in [-0.1, -0.05) is 24.3 Å². The zero-order chi connectivity index (χ0) is 15.7. The van der Waals surface area contributed by atoms with Crippen LogP contribution in [-0.2, 0) is 0 Å². The molecule has 6 heteroatoms. The smallest absolute Gasteiger partial charge is 0.284 e. The van der Waals surface area contributed by atoms with E-state index in [-0.39, 0.29) is 16.8 Å². The maximum absolute atomic E-state index is 13.2. The number of carbonyl (C=O) groups excluding carboxylic acids is 1. The molecule has 22 heavy (non-hydrogen) atoms. The van der Waals surface area contributed by atoms with Crippen LogP contribution < -0.4 is 10.9 Å². The fourth-order valence-corrected chi connectivity index (χ4v) is 2.22.